The number of fused-ring (bicyclic) bond motifs is 26. The summed E-state index contributed by atoms with van der Waals surface area (Å²) in [6, 6.07) is 135. The molecule has 6 nitrogen and oxygen atoms in total. The van der Waals surface area contributed by atoms with Crippen molar-refractivity contribution in [3.8, 4) is 135 Å². The van der Waals surface area contributed by atoms with E-state index < -0.39 is 0 Å². The molecule has 0 bridgehead atoms. The van der Waals surface area contributed by atoms with Crippen molar-refractivity contribution in [1.82, 2.24) is 29.9 Å². The lowest BCUT2D eigenvalue weighted by Crippen LogP contribution is -2.25. The zero-order valence-electron chi connectivity index (χ0n) is 60.3. The van der Waals surface area contributed by atoms with Gasteiger partial charge in [-0.05, 0) is 154 Å². The molecule has 0 aliphatic heterocycles. The molecule has 0 saturated heterocycles. The normalized spacial score (nSPS) is 13.1. The van der Waals surface area contributed by atoms with Gasteiger partial charge in [0.05, 0.1) is 10.8 Å². The lowest BCUT2D eigenvalue weighted by molar-refractivity contribution is 0.795. The van der Waals surface area contributed by atoms with E-state index in [1.807, 2.05) is 71.2 Å². The maximum atomic E-state index is 5.27. The van der Waals surface area contributed by atoms with Crippen molar-refractivity contribution in [3.05, 3.63) is 421 Å². The fourth-order valence-electron chi connectivity index (χ4n) is 18.8. The van der Waals surface area contributed by atoms with Crippen LogP contribution in [0.2, 0.25) is 0 Å². The van der Waals surface area contributed by atoms with Crippen molar-refractivity contribution in [2.24, 2.45) is 0 Å². The van der Waals surface area contributed by atoms with Crippen LogP contribution in [-0.4, -0.2) is 29.9 Å². The Bertz CT molecular complexity index is 7160. The minimum atomic E-state index is -0.381. The largest absolute Gasteiger partial charge is 0.208 e. The lowest BCUT2D eigenvalue weighted by Gasteiger charge is -2.30. The smallest absolute Gasteiger partial charge is 0.164 e. The van der Waals surface area contributed by atoms with Crippen LogP contribution >= 0.6 is 22.7 Å². The molecule has 0 saturated carbocycles. The average Bonchev–Trinajstić information content (AvgIpc) is 1.51. The van der Waals surface area contributed by atoms with Crippen LogP contribution in [0.3, 0.4) is 0 Å². The second-order valence-electron chi connectivity index (χ2n) is 29.4. The van der Waals surface area contributed by atoms with Crippen molar-refractivity contribution in [2.45, 2.75) is 10.8 Å². The molecule has 4 aliphatic carbocycles. The standard InChI is InChI=1S/2C52H31N3S/c1-3-15-32(16-4-1)34-19-13-20-35(29-34)50-53-49(33-17-5-2-6-18-33)54-51(55-50)39-24-14-28-46-48(39)41-30-40-38-23-9-12-27-44(38)52(45(40)31-47(41)56-46)42-25-10-7-21-36(42)37-22-8-11-26-43(37)52;1-3-14-32(15-4-1)33-26-28-35(29-27-33)50-53-49(34-16-5-2-6-17-34)54-51(55-50)39-21-13-25-46-48(39)41-30-40-38-20-9-12-24-44(38)52(45(40)31-47(41)56-46)42-22-10-7-18-36(42)37-19-8-11-23-43(37)52/h2*1-31H. The quantitative estimate of drug-likeness (QED) is 0.151. The number of hydrogen-bond acceptors (Lipinski definition) is 8. The van der Waals surface area contributed by atoms with Crippen LogP contribution in [0.15, 0.2) is 376 Å². The van der Waals surface area contributed by atoms with Gasteiger partial charge in [0.2, 0.25) is 0 Å². The summed E-state index contributed by atoms with van der Waals surface area (Å²) in [6.07, 6.45) is 0. The van der Waals surface area contributed by atoms with Crippen LogP contribution in [0.25, 0.3) is 175 Å². The third-order valence-electron chi connectivity index (χ3n) is 23.5. The molecule has 16 aromatic carbocycles. The first-order valence-corrected chi connectivity index (χ1v) is 39.7. The molecule has 112 heavy (non-hydrogen) atoms. The molecular weight excluding hydrogens is 1400 g/mol. The number of thiophene rings is 2. The second-order valence-corrected chi connectivity index (χ2v) is 31.5. The van der Waals surface area contributed by atoms with Gasteiger partial charge < -0.3 is 0 Å². The maximum absolute atomic E-state index is 5.27. The number of nitrogens with zero attached hydrogens (tertiary/aromatic N) is 6. The highest BCUT2D eigenvalue weighted by Gasteiger charge is 2.53. The first-order valence-electron chi connectivity index (χ1n) is 38.0. The van der Waals surface area contributed by atoms with E-state index in [0.29, 0.717) is 34.9 Å². The Balaban J connectivity index is 0.000000134. The Morgan fingerprint density at radius 1 is 0.161 bits per heavy atom. The summed E-state index contributed by atoms with van der Waals surface area (Å²) in [5.74, 6) is 3.95. The van der Waals surface area contributed by atoms with E-state index in [9.17, 15) is 0 Å². The second kappa shape index (κ2) is 25.3. The predicted molar refractivity (Wildman–Crippen MR) is 462 cm³/mol. The molecule has 4 heterocycles. The molecule has 4 aromatic heterocycles. The summed E-state index contributed by atoms with van der Waals surface area (Å²) < 4.78 is 4.94. The molecule has 2 spiro atoms. The van der Waals surface area contributed by atoms with Gasteiger partial charge in [0.15, 0.2) is 34.9 Å². The number of hydrogen-bond donors (Lipinski definition) is 0. The minimum absolute atomic E-state index is 0.379. The van der Waals surface area contributed by atoms with Crippen LogP contribution in [0.1, 0.15) is 44.5 Å². The fraction of sp³-hybridized carbons (Fsp3) is 0.0192. The molecule has 0 N–H and O–H groups in total. The number of benzene rings is 16. The SMILES string of the molecule is c1ccc(-c2ccc(-c3nc(-c4ccccc4)nc(-c4cccc5sc6cc7c(cc6c45)-c4ccccc4C74c5ccccc5-c5ccccc54)n3)cc2)cc1.c1ccc(-c2cccc(-c3nc(-c4ccccc4)nc(-c4cccc5sc6cc7c(cc6c45)-c4ccccc4C74c5ccccc5-c5ccccc54)n3)c2)cc1. The Kier molecular flexibility index (Phi) is 14.5. The van der Waals surface area contributed by atoms with E-state index >= 15 is 0 Å². The zero-order chi connectivity index (χ0) is 73.6. The molecule has 20 aromatic rings. The van der Waals surface area contributed by atoms with Gasteiger partial charge in [-0.15, -0.1) is 22.7 Å². The van der Waals surface area contributed by atoms with E-state index in [-0.39, 0.29) is 10.8 Å². The third kappa shape index (κ3) is 9.62. The molecule has 520 valence electrons. The van der Waals surface area contributed by atoms with Crippen LogP contribution in [-0.2, 0) is 10.8 Å². The first-order chi connectivity index (χ1) is 55.5. The van der Waals surface area contributed by atoms with E-state index in [1.54, 1.807) is 0 Å². The molecule has 0 radical (unpaired) electrons. The molecule has 0 atom stereocenters. The van der Waals surface area contributed by atoms with Crippen LogP contribution in [0.5, 0.6) is 0 Å². The summed E-state index contributed by atoms with van der Waals surface area (Å²) >= 11 is 3.70. The highest BCUT2D eigenvalue weighted by molar-refractivity contribution is 7.26. The Hall–Kier alpha value is -14.0. The lowest BCUT2D eigenvalue weighted by atomic mass is 9.70. The zero-order valence-corrected chi connectivity index (χ0v) is 61.9. The van der Waals surface area contributed by atoms with E-state index in [4.69, 9.17) is 29.9 Å². The van der Waals surface area contributed by atoms with E-state index in [0.717, 1.165) is 50.1 Å². The third-order valence-corrected chi connectivity index (χ3v) is 25.8. The summed E-state index contributed by atoms with van der Waals surface area (Å²) in [5, 5.41) is 4.80. The van der Waals surface area contributed by atoms with Gasteiger partial charge in [-0.1, -0.05) is 334 Å². The van der Waals surface area contributed by atoms with Crippen molar-refractivity contribution in [2.75, 3.05) is 0 Å². The number of rotatable bonds is 8. The van der Waals surface area contributed by atoms with Gasteiger partial charge in [-0.2, -0.15) is 0 Å². The average molecular weight is 1460 g/mol. The number of aromatic nitrogens is 6. The van der Waals surface area contributed by atoms with Crippen molar-refractivity contribution >= 4 is 63.0 Å². The first kappa shape index (κ1) is 64.0. The molecule has 0 amide bonds. The highest BCUT2D eigenvalue weighted by atomic mass is 32.1. The maximum Gasteiger partial charge on any atom is 0.164 e. The summed E-state index contributed by atoms with van der Waals surface area (Å²) in [6.45, 7) is 0. The summed E-state index contributed by atoms with van der Waals surface area (Å²) in [5.41, 5.74) is 30.9. The van der Waals surface area contributed by atoms with Gasteiger partial charge in [0.1, 0.15) is 0 Å². The Morgan fingerprint density at radius 2 is 0.420 bits per heavy atom. The van der Waals surface area contributed by atoms with Crippen LogP contribution in [0, 0.1) is 0 Å². The Morgan fingerprint density at radius 3 is 0.804 bits per heavy atom. The molecule has 0 fully saturated rings. The summed E-state index contributed by atoms with van der Waals surface area (Å²) in [7, 11) is 0. The molecule has 0 unspecified atom stereocenters. The van der Waals surface area contributed by atoms with Crippen molar-refractivity contribution < 1.29 is 0 Å². The van der Waals surface area contributed by atoms with Crippen molar-refractivity contribution in [1.29, 1.82) is 0 Å². The van der Waals surface area contributed by atoms with Gasteiger partial charge in [0.25, 0.3) is 0 Å². The van der Waals surface area contributed by atoms with Crippen LogP contribution < -0.4 is 0 Å². The molecular formula is C104H62N6S2. The van der Waals surface area contributed by atoms with Gasteiger partial charge in [0, 0.05) is 73.7 Å². The van der Waals surface area contributed by atoms with Crippen molar-refractivity contribution in [3.63, 3.8) is 0 Å². The fourth-order valence-corrected chi connectivity index (χ4v) is 21.1. The van der Waals surface area contributed by atoms with Gasteiger partial charge in [-0.25, -0.2) is 29.9 Å². The monoisotopic (exact) mass is 1460 g/mol. The Labute approximate surface area is 654 Å². The highest BCUT2D eigenvalue weighted by Crippen LogP contribution is 2.66. The summed E-state index contributed by atoms with van der Waals surface area (Å²) in [4.78, 5) is 31.1. The van der Waals surface area contributed by atoms with Gasteiger partial charge in [-0.3, -0.25) is 0 Å². The van der Waals surface area contributed by atoms with E-state index in [2.05, 4.69) is 328 Å². The molecule has 24 rings (SSSR count). The molecule has 4 aliphatic rings. The predicted octanol–water partition coefficient (Wildman–Crippen LogP) is 26.5. The minimum Gasteiger partial charge on any atom is -0.208 e. The van der Waals surface area contributed by atoms with Crippen LogP contribution in [0.4, 0.5) is 0 Å². The topological polar surface area (TPSA) is 77.3 Å². The van der Waals surface area contributed by atoms with Gasteiger partial charge >= 0.3 is 0 Å². The van der Waals surface area contributed by atoms with E-state index in [1.165, 1.54) is 135 Å². The molecule has 8 heteroatoms.